The first-order valence-corrected chi connectivity index (χ1v) is 5.70. The van der Waals surface area contributed by atoms with Crippen LogP contribution in [0.2, 0.25) is 5.02 Å². The first-order valence-electron chi connectivity index (χ1n) is 5.33. The van der Waals surface area contributed by atoms with Crippen molar-refractivity contribution in [2.75, 3.05) is 12.8 Å². The van der Waals surface area contributed by atoms with E-state index in [1.807, 2.05) is 6.07 Å². The molecule has 0 amide bonds. The molecule has 3 N–H and O–H groups in total. The fraction of sp³-hybridized carbons (Fsp3) is 0.250. The van der Waals surface area contributed by atoms with Crippen molar-refractivity contribution in [2.24, 2.45) is 0 Å². The predicted molar refractivity (Wildman–Crippen MR) is 69.4 cm³/mol. The van der Waals surface area contributed by atoms with Gasteiger partial charge in [0, 0.05) is 16.1 Å². The largest absolute Gasteiger partial charge is 0.496 e. The van der Waals surface area contributed by atoms with Gasteiger partial charge in [0.2, 0.25) is 0 Å². The van der Waals surface area contributed by atoms with Crippen LogP contribution in [0.3, 0.4) is 0 Å². The van der Waals surface area contributed by atoms with Gasteiger partial charge in [-0.25, -0.2) is 0 Å². The molecule has 0 aliphatic carbocycles. The number of nitrogens with two attached hydrogens (primary N) is 1. The molecular formula is C12H14ClN3O. The lowest BCUT2D eigenvalue weighted by atomic mass is 9.99. The summed E-state index contributed by atoms with van der Waals surface area (Å²) in [6.07, 6.45) is 2.53. The lowest BCUT2D eigenvalue weighted by Crippen LogP contribution is -1.96. The van der Waals surface area contributed by atoms with Gasteiger partial charge in [-0.15, -0.1) is 0 Å². The maximum atomic E-state index is 6.08. The summed E-state index contributed by atoms with van der Waals surface area (Å²) in [6.45, 7) is 2.06. The minimum Gasteiger partial charge on any atom is -0.496 e. The second kappa shape index (κ2) is 4.67. The number of ether oxygens (including phenoxy) is 1. The molecule has 1 aromatic carbocycles. The standard InChI is InChI=1S/C12H14ClN3O/c1-3-8-9(10-6-15-16-12(10)14)4-7(13)5-11(8)17-2/h4-6H,3H2,1-2H3,(H3,14,15,16). The molecule has 0 saturated heterocycles. The number of halogens is 1. The quantitative estimate of drug-likeness (QED) is 0.882. The molecule has 0 aliphatic rings. The maximum absolute atomic E-state index is 6.08. The van der Waals surface area contributed by atoms with Crippen LogP contribution in [0.1, 0.15) is 12.5 Å². The van der Waals surface area contributed by atoms with Crippen LogP contribution in [0.5, 0.6) is 5.75 Å². The van der Waals surface area contributed by atoms with E-state index < -0.39 is 0 Å². The third-order valence-electron chi connectivity index (χ3n) is 2.71. The van der Waals surface area contributed by atoms with E-state index in [9.17, 15) is 0 Å². The molecular weight excluding hydrogens is 238 g/mol. The number of nitrogen functional groups attached to an aromatic ring is 1. The van der Waals surface area contributed by atoms with Crippen LogP contribution in [-0.2, 0) is 6.42 Å². The van der Waals surface area contributed by atoms with Crippen LogP contribution in [0.4, 0.5) is 5.82 Å². The number of benzene rings is 1. The molecule has 0 unspecified atom stereocenters. The van der Waals surface area contributed by atoms with Crippen LogP contribution in [0.15, 0.2) is 18.3 Å². The van der Waals surface area contributed by atoms with Gasteiger partial charge in [-0.1, -0.05) is 18.5 Å². The summed E-state index contributed by atoms with van der Waals surface area (Å²) in [5.41, 5.74) is 8.72. The molecule has 2 aromatic rings. The van der Waals surface area contributed by atoms with Crippen molar-refractivity contribution in [1.82, 2.24) is 10.2 Å². The zero-order valence-electron chi connectivity index (χ0n) is 9.75. The Morgan fingerprint density at radius 2 is 2.18 bits per heavy atom. The van der Waals surface area contributed by atoms with E-state index >= 15 is 0 Å². The number of methoxy groups -OCH3 is 1. The molecule has 90 valence electrons. The Bertz CT molecular complexity index is 537. The van der Waals surface area contributed by atoms with Crippen LogP contribution < -0.4 is 10.5 Å². The Morgan fingerprint density at radius 3 is 2.71 bits per heavy atom. The fourth-order valence-electron chi connectivity index (χ4n) is 1.91. The summed E-state index contributed by atoms with van der Waals surface area (Å²) in [5, 5.41) is 7.26. The third kappa shape index (κ3) is 2.08. The first-order chi connectivity index (χ1) is 8.17. The van der Waals surface area contributed by atoms with E-state index in [2.05, 4.69) is 17.1 Å². The summed E-state index contributed by atoms with van der Waals surface area (Å²) in [4.78, 5) is 0. The molecule has 0 aliphatic heterocycles. The predicted octanol–water partition coefficient (Wildman–Crippen LogP) is 2.88. The molecule has 0 saturated carbocycles. The van der Waals surface area contributed by atoms with Crippen molar-refractivity contribution in [3.63, 3.8) is 0 Å². The molecule has 5 heteroatoms. The Labute approximate surface area is 105 Å². The lowest BCUT2D eigenvalue weighted by molar-refractivity contribution is 0.410. The van der Waals surface area contributed by atoms with Gasteiger partial charge in [-0.05, 0) is 24.1 Å². The smallest absolute Gasteiger partial charge is 0.126 e. The molecule has 0 fully saturated rings. The second-order valence-corrected chi connectivity index (χ2v) is 4.12. The molecule has 4 nitrogen and oxygen atoms in total. The highest BCUT2D eigenvalue weighted by Crippen LogP contribution is 2.36. The zero-order chi connectivity index (χ0) is 12.4. The molecule has 1 heterocycles. The van der Waals surface area contributed by atoms with Crippen molar-refractivity contribution in [3.05, 3.63) is 28.9 Å². The Hall–Kier alpha value is -1.68. The van der Waals surface area contributed by atoms with Gasteiger partial charge in [0.15, 0.2) is 0 Å². The van der Waals surface area contributed by atoms with E-state index in [1.54, 1.807) is 19.4 Å². The van der Waals surface area contributed by atoms with Gasteiger partial charge in [-0.2, -0.15) is 5.10 Å². The summed E-state index contributed by atoms with van der Waals surface area (Å²) in [7, 11) is 1.63. The topological polar surface area (TPSA) is 63.9 Å². The monoisotopic (exact) mass is 251 g/mol. The van der Waals surface area contributed by atoms with Crippen molar-refractivity contribution < 1.29 is 4.74 Å². The fourth-order valence-corrected chi connectivity index (χ4v) is 2.12. The number of aromatic nitrogens is 2. The average Bonchev–Trinajstić information content (AvgIpc) is 2.74. The Balaban J connectivity index is 2.68. The van der Waals surface area contributed by atoms with Gasteiger partial charge in [0.05, 0.1) is 13.3 Å². The van der Waals surface area contributed by atoms with Crippen molar-refractivity contribution in [3.8, 4) is 16.9 Å². The van der Waals surface area contributed by atoms with Crippen molar-refractivity contribution in [2.45, 2.75) is 13.3 Å². The Morgan fingerprint density at radius 1 is 1.41 bits per heavy atom. The summed E-state index contributed by atoms with van der Waals surface area (Å²) >= 11 is 6.08. The number of hydrogen-bond acceptors (Lipinski definition) is 3. The Kier molecular flexibility index (Phi) is 3.24. The molecule has 1 aromatic heterocycles. The summed E-state index contributed by atoms with van der Waals surface area (Å²) in [6, 6.07) is 3.68. The second-order valence-electron chi connectivity index (χ2n) is 3.69. The van der Waals surface area contributed by atoms with E-state index in [1.165, 1.54) is 0 Å². The van der Waals surface area contributed by atoms with Gasteiger partial charge >= 0.3 is 0 Å². The van der Waals surface area contributed by atoms with Crippen molar-refractivity contribution in [1.29, 1.82) is 0 Å². The minimum absolute atomic E-state index is 0.531. The number of nitrogens with one attached hydrogen (secondary N) is 1. The molecule has 0 atom stereocenters. The van der Waals surface area contributed by atoms with Gasteiger partial charge < -0.3 is 10.5 Å². The van der Waals surface area contributed by atoms with Crippen LogP contribution in [0.25, 0.3) is 11.1 Å². The van der Waals surface area contributed by atoms with Gasteiger partial charge in [-0.3, -0.25) is 5.10 Å². The SMILES string of the molecule is CCc1c(OC)cc(Cl)cc1-c1cn[nH]c1N. The number of rotatable bonds is 3. The number of anilines is 1. The van der Waals surface area contributed by atoms with E-state index in [-0.39, 0.29) is 0 Å². The van der Waals surface area contributed by atoms with E-state index in [0.717, 1.165) is 28.9 Å². The summed E-state index contributed by atoms with van der Waals surface area (Å²) in [5.74, 6) is 1.31. The molecule has 0 radical (unpaired) electrons. The summed E-state index contributed by atoms with van der Waals surface area (Å²) < 4.78 is 5.34. The highest BCUT2D eigenvalue weighted by Gasteiger charge is 2.14. The number of aromatic amines is 1. The number of H-pyrrole nitrogens is 1. The van der Waals surface area contributed by atoms with Crippen LogP contribution in [-0.4, -0.2) is 17.3 Å². The molecule has 0 bridgehead atoms. The van der Waals surface area contributed by atoms with Gasteiger partial charge in [0.1, 0.15) is 11.6 Å². The van der Waals surface area contributed by atoms with Crippen molar-refractivity contribution >= 4 is 17.4 Å². The normalized spacial score (nSPS) is 10.5. The average molecular weight is 252 g/mol. The lowest BCUT2D eigenvalue weighted by Gasteiger charge is -2.12. The molecule has 0 spiro atoms. The van der Waals surface area contributed by atoms with Crippen LogP contribution >= 0.6 is 11.6 Å². The third-order valence-corrected chi connectivity index (χ3v) is 2.92. The molecule has 17 heavy (non-hydrogen) atoms. The first kappa shape index (κ1) is 11.8. The maximum Gasteiger partial charge on any atom is 0.126 e. The highest BCUT2D eigenvalue weighted by molar-refractivity contribution is 6.31. The molecule has 2 rings (SSSR count). The zero-order valence-corrected chi connectivity index (χ0v) is 10.5. The minimum atomic E-state index is 0.531. The number of nitrogens with zero attached hydrogens (tertiary/aromatic N) is 1. The van der Waals surface area contributed by atoms with Crippen LogP contribution in [0, 0.1) is 0 Å². The number of hydrogen-bond donors (Lipinski definition) is 2. The van der Waals surface area contributed by atoms with E-state index in [4.69, 9.17) is 22.1 Å². The van der Waals surface area contributed by atoms with E-state index in [0.29, 0.717) is 10.8 Å². The highest BCUT2D eigenvalue weighted by atomic mass is 35.5. The van der Waals surface area contributed by atoms with Gasteiger partial charge in [0.25, 0.3) is 0 Å².